The molecule has 1 atom stereocenters. The van der Waals surface area contributed by atoms with Crippen molar-refractivity contribution in [2.24, 2.45) is 5.92 Å². The minimum Gasteiger partial charge on any atom is -0.352 e. The lowest BCUT2D eigenvalue weighted by Crippen LogP contribution is -2.56. The van der Waals surface area contributed by atoms with Gasteiger partial charge in [0.05, 0.1) is 0 Å². The molecule has 5 nitrogen and oxygen atoms in total. The van der Waals surface area contributed by atoms with Gasteiger partial charge < -0.3 is 15.1 Å². The van der Waals surface area contributed by atoms with Gasteiger partial charge in [0, 0.05) is 38.4 Å². The van der Waals surface area contributed by atoms with Crippen LogP contribution in [0.5, 0.6) is 0 Å². The average molecular weight is 390 g/mol. The zero-order chi connectivity index (χ0) is 19.7. The zero-order valence-corrected chi connectivity index (χ0v) is 15.2. The van der Waals surface area contributed by atoms with Crippen LogP contribution in [0.15, 0.2) is 36.5 Å². The molecule has 2 amide bonds. The number of nitrogens with zero attached hydrogens (tertiary/aromatic N) is 3. The van der Waals surface area contributed by atoms with Gasteiger partial charge in [0.1, 0.15) is 0 Å². The number of carbonyl (C=O) groups is 1. The van der Waals surface area contributed by atoms with Gasteiger partial charge in [-0.1, -0.05) is 6.07 Å². The van der Waals surface area contributed by atoms with Crippen LogP contribution >= 0.6 is 0 Å². The molecule has 148 valence electrons. The molecule has 2 aromatic rings. The molecular formula is C20H21F3N4O. The summed E-state index contributed by atoms with van der Waals surface area (Å²) in [7, 11) is 0. The van der Waals surface area contributed by atoms with Crippen LogP contribution in [0.3, 0.4) is 0 Å². The highest BCUT2D eigenvalue weighted by Crippen LogP contribution is 2.23. The molecule has 4 rings (SSSR count). The standard InChI is InChI=1S/C20H21F3N4O/c21-16-4-3-13(9-18(16)23)8-14-10-27(11-14)20(28)25-15-5-7-26(12-15)19-17(22)2-1-6-24-19/h1-4,6,9,14-15H,5,7-8,10-12H2,(H,25,28). The summed E-state index contributed by atoms with van der Waals surface area (Å²) < 4.78 is 40.1. The first-order valence-corrected chi connectivity index (χ1v) is 9.34. The minimum absolute atomic E-state index is 0.0563. The molecule has 0 radical (unpaired) electrons. The number of aromatic nitrogens is 1. The Hall–Kier alpha value is -2.77. The molecule has 1 aromatic heterocycles. The summed E-state index contributed by atoms with van der Waals surface area (Å²) in [5.41, 5.74) is 0.729. The Morgan fingerprint density at radius 3 is 2.68 bits per heavy atom. The topological polar surface area (TPSA) is 48.5 Å². The van der Waals surface area contributed by atoms with E-state index in [4.69, 9.17) is 0 Å². The smallest absolute Gasteiger partial charge is 0.317 e. The van der Waals surface area contributed by atoms with Gasteiger partial charge in [0.15, 0.2) is 23.3 Å². The third-order valence-electron chi connectivity index (χ3n) is 5.31. The van der Waals surface area contributed by atoms with E-state index in [2.05, 4.69) is 10.3 Å². The number of likely N-dealkylation sites (tertiary alicyclic amines) is 1. The lowest BCUT2D eigenvalue weighted by Gasteiger charge is -2.40. The molecule has 2 aliphatic heterocycles. The monoisotopic (exact) mass is 390 g/mol. The number of halogens is 3. The summed E-state index contributed by atoms with van der Waals surface area (Å²) in [6, 6.07) is 6.64. The van der Waals surface area contributed by atoms with Crippen molar-refractivity contribution in [2.75, 3.05) is 31.1 Å². The van der Waals surface area contributed by atoms with E-state index in [1.165, 1.54) is 12.1 Å². The number of urea groups is 1. The van der Waals surface area contributed by atoms with E-state index in [0.717, 1.165) is 18.1 Å². The molecule has 2 saturated heterocycles. The second-order valence-electron chi connectivity index (χ2n) is 7.41. The number of hydrogen-bond acceptors (Lipinski definition) is 3. The number of hydrogen-bond donors (Lipinski definition) is 1. The zero-order valence-electron chi connectivity index (χ0n) is 15.2. The maximum absolute atomic E-state index is 13.8. The van der Waals surface area contributed by atoms with Crippen molar-refractivity contribution in [1.29, 1.82) is 0 Å². The van der Waals surface area contributed by atoms with Gasteiger partial charge in [0.25, 0.3) is 0 Å². The average Bonchev–Trinajstić information content (AvgIpc) is 3.09. The van der Waals surface area contributed by atoms with Gasteiger partial charge in [0.2, 0.25) is 0 Å². The van der Waals surface area contributed by atoms with Gasteiger partial charge >= 0.3 is 6.03 Å². The Morgan fingerprint density at radius 1 is 1.11 bits per heavy atom. The summed E-state index contributed by atoms with van der Waals surface area (Å²) in [5, 5.41) is 2.99. The molecule has 8 heteroatoms. The van der Waals surface area contributed by atoms with Crippen LogP contribution in [0.2, 0.25) is 0 Å². The van der Waals surface area contributed by atoms with Gasteiger partial charge in [-0.25, -0.2) is 22.9 Å². The van der Waals surface area contributed by atoms with Crippen molar-refractivity contribution in [2.45, 2.75) is 18.9 Å². The van der Waals surface area contributed by atoms with Crippen LogP contribution in [-0.4, -0.2) is 48.1 Å². The molecule has 1 N–H and O–H groups in total. The van der Waals surface area contributed by atoms with Gasteiger partial charge in [-0.15, -0.1) is 0 Å². The third-order valence-corrected chi connectivity index (χ3v) is 5.31. The van der Waals surface area contributed by atoms with Crippen LogP contribution in [-0.2, 0) is 6.42 Å². The number of amides is 2. The Balaban J connectivity index is 1.23. The lowest BCUT2D eigenvalue weighted by atomic mass is 9.92. The van der Waals surface area contributed by atoms with E-state index in [1.807, 2.05) is 4.90 Å². The van der Waals surface area contributed by atoms with Crippen molar-refractivity contribution in [3.8, 4) is 0 Å². The number of carbonyl (C=O) groups excluding carboxylic acids is 1. The lowest BCUT2D eigenvalue weighted by molar-refractivity contribution is 0.118. The van der Waals surface area contributed by atoms with Crippen molar-refractivity contribution < 1.29 is 18.0 Å². The third kappa shape index (κ3) is 3.90. The molecule has 0 bridgehead atoms. The fraction of sp³-hybridized carbons (Fsp3) is 0.400. The first kappa shape index (κ1) is 18.6. The molecule has 28 heavy (non-hydrogen) atoms. The maximum Gasteiger partial charge on any atom is 0.317 e. The van der Waals surface area contributed by atoms with Crippen molar-refractivity contribution in [3.05, 3.63) is 59.5 Å². The number of rotatable bonds is 4. The molecule has 1 unspecified atom stereocenters. The largest absolute Gasteiger partial charge is 0.352 e. The number of nitrogens with one attached hydrogen (secondary N) is 1. The highest BCUT2D eigenvalue weighted by Gasteiger charge is 2.33. The molecule has 0 spiro atoms. The summed E-state index contributed by atoms with van der Waals surface area (Å²) in [5.74, 6) is -1.51. The van der Waals surface area contributed by atoms with Crippen LogP contribution in [0.1, 0.15) is 12.0 Å². The Bertz CT molecular complexity index is 872. The highest BCUT2D eigenvalue weighted by molar-refractivity contribution is 5.75. The number of benzene rings is 1. The van der Waals surface area contributed by atoms with E-state index in [0.29, 0.717) is 38.4 Å². The molecule has 2 fully saturated rings. The summed E-state index contributed by atoms with van der Waals surface area (Å²) in [6.07, 6.45) is 2.89. The highest BCUT2D eigenvalue weighted by atomic mass is 19.2. The Kier molecular flexibility index (Phi) is 5.11. The Morgan fingerprint density at radius 2 is 1.93 bits per heavy atom. The van der Waals surface area contributed by atoms with E-state index in [-0.39, 0.29) is 23.8 Å². The molecule has 1 aromatic carbocycles. The fourth-order valence-corrected chi connectivity index (χ4v) is 3.81. The van der Waals surface area contributed by atoms with Crippen molar-refractivity contribution in [3.63, 3.8) is 0 Å². The van der Waals surface area contributed by atoms with E-state index >= 15 is 0 Å². The number of pyridine rings is 1. The molecule has 0 saturated carbocycles. The van der Waals surface area contributed by atoms with Crippen molar-refractivity contribution >= 4 is 11.8 Å². The Labute approximate surface area is 161 Å². The predicted molar refractivity (Wildman–Crippen MR) is 98.5 cm³/mol. The quantitative estimate of drug-likeness (QED) is 0.873. The normalized spacial score (nSPS) is 19.6. The van der Waals surface area contributed by atoms with Gasteiger partial charge in [-0.05, 0) is 48.6 Å². The minimum atomic E-state index is -0.852. The second kappa shape index (κ2) is 7.69. The van der Waals surface area contributed by atoms with Crippen LogP contribution in [0, 0.1) is 23.4 Å². The molecular weight excluding hydrogens is 369 g/mol. The fourth-order valence-electron chi connectivity index (χ4n) is 3.81. The predicted octanol–water partition coefficient (Wildman–Crippen LogP) is 2.96. The molecule has 2 aliphatic rings. The molecule has 0 aliphatic carbocycles. The van der Waals surface area contributed by atoms with Crippen molar-refractivity contribution in [1.82, 2.24) is 15.2 Å². The van der Waals surface area contributed by atoms with Gasteiger partial charge in [-0.3, -0.25) is 0 Å². The van der Waals surface area contributed by atoms with Crippen LogP contribution in [0.25, 0.3) is 0 Å². The van der Waals surface area contributed by atoms with E-state index in [1.54, 1.807) is 23.2 Å². The number of anilines is 1. The van der Waals surface area contributed by atoms with E-state index < -0.39 is 11.6 Å². The molecule has 3 heterocycles. The van der Waals surface area contributed by atoms with E-state index in [9.17, 15) is 18.0 Å². The van der Waals surface area contributed by atoms with Crippen LogP contribution in [0.4, 0.5) is 23.8 Å². The maximum atomic E-state index is 13.8. The van der Waals surface area contributed by atoms with Gasteiger partial charge in [-0.2, -0.15) is 0 Å². The summed E-state index contributed by atoms with van der Waals surface area (Å²) in [4.78, 5) is 20.0. The summed E-state index contributed by atoms with van der Waals surface area (Å²) >= 11 is 0. The SMILES string of the molecule is O=C(NC1CCN(c2ncccc2F)C1)N1CC(Cc2ccc(F)c(F)c2)C1. The second-order valence-corrected chi connectivity index (χ2v) is 7.41. The first-order chi connectivity index (χ1) is 13.5. The summed E-state index contributed by atoms with van der Waals surface area (Å²) in [6.45, 7) is 2.32. The van der Waals surface area contributed by atoms with Crippen LogP contribution < -0.4 is 10.2 Å². The first-order valence-electron chi connectivity index (χ1n) is 9.34.